The lowest BCUT2D eigenvalue weighted by molar-refractivity contribution is 0.481. The molecule has 2 unspecified atom stereocenters. The Balaban J connectivity index is 1.69. The minimum atomic E-state index is -0.634. The van der Waals surface area contributed by atoms with E-state index >= 15 is 0 Å². The molecule has 3 aromatic carbocycles. The highest BCUT2D eigenvalue weighted by Gasteiger charge is 2.49. The summed E-state index contributed by atoms with van der Waals surface area (Å²) in [6.45, 7) is 2.38. The highest BCUT2D eigenvalue weighted by atomic mass is 35.5. The molecule has 0 spiro atoms. The lowest BCUT2D eigenvalue weighted by Gasteiger charge is -2.38. The van der Waals surface area contributed by atoms with E-state index in [4.69, 9.17) is 34.0 Å². The van der Waals surface area contributed by atoms with Crippen LogP contribution < -0.4 is 10.7 Å². The largest absolute Gasteiger partial charge is 0.330 e. The van der Waals surface area contributed by atoms with Crippen molar-refractivity contribution in [3.63, 3.8) is 0 Å². The number of nitrogens with two attached hydrogens (primary N) is 1. The van der Waals surface area contributed by atoms with Gasteiger partial charge >= 0.3 is 0 Å². The van der Waals surface area contributed by atoms with Crippen LogP contribution in [0.4, 0.5) is 5.13 Å². The van der Waals surface area contributed by atoms with E-state index in [1.165, 1.54) is 11.3 Å². The Morgan fingerprint density at radius 3 is 2.26 bits per heavy atom. The second-order valence-corrected chi connectivity index (χ2v) is 11.5. The molecule has 1 aliphatic rings. The molecule has 0 amide bonds. The van der Waals surface area contributed by atoms with Crippen molar-refractivity contribution >= 4 is 56.5 Å². The predicted molar refractivity (Wildman–Crippen MR) is 149 cm³/mol. The first kappa shape index (κ1) is 24.3. The monoisotopic (exact) mass is 539 g/mol. The molecule has 2 atom stereocenters. The number of hydrogen-bond donors (Lipinski definition) is 1. The number of aryl methyl sites for hydroxylation is 1. The van der Waals surface area contributed by atoms with Crippen LogP contribution in [0.3, 0.4) is 0 Å². The van der Waals surface area contributed by atoms with Crippen molar-refractivity contribution < 1.29 is 0 Å². The van der Waals surface area contributed by atoms with E-state index in [0.29, 0.717) is 23.0 Å². The van der Waals surface area contributed by atoms with Crippen molar-refractivity contribution in [1.29, 1.82) is 0 Å². The lowest BCUT2D eigenvalue weighted by Crippen LogP contribution is -2.40. The SMILES string of the molecule is Cc1nnc(N2N=C(c3ccccc3Cl)SC2(CC(CN)c2ccccc2Cl)c2ccccc2)s1. The number of benzene rings is 3. The number of hydrogen-bond acceptors (Lipinski definition) is 7. The Labute approximate surface area is 223 Å². The summed E-state index contributed by atoms with van der Waals surface area (Å²) < 4.78 is 0. The summed E-state index contributed by atoms with van der Waals surface area (Å²) in [5.74, 6) is -0.0197. The van der Waals surface area contributed by atoms with Gasteiger partial charge in [0.15, 0.2) is 0 Å². The molecule has 2 N–H and O–H groups in total. The molecule has 0 bridgehead atoms. The van der Waals surface area contributed by atoms with Gasteiger partial charge in [0.1, 0.15) is 14.9 Å². The molecule has 5 rings (SSSR count). The van der Waals surface area contributed by atoms with E-state index in [2.05, 4.69) is 22.3 Å². The molecule has 0 fully saturated rings. The van der Waals surface area contributed by atoms with Gasteiger partial charge < -0.3 is 5.73 Å². The van der Waals surface area contributed by atoms with E-state index < -0.39 is 4.87 Å². The van der Waals surface area contributed by atoms with E-state index in [9.17, 15) is 0 Å². The minimum Gasteiger partial charge on any atom is -0.330 e. The van der Waals surface area contributed by atoms with E-state index in [-0.39, 0.29) is 5.92 Å². The van der Waals surface area contributed by atoms with Gasteiger partial charge in [-0.3, -0.25) is 0 Å². The van der Waals surface area contributed by atoms with E-state index in [1.807, 2.05) is 78.7 Å². The van der Waals surface area contributed by atoms with Crippen LogP contribution in [-0.2, 0) is 4.87 Å². The van der Waals surface area contributed by atoms with Crippen LogP contribution in [0.15, 0.2) is 84.0 Å². The summed E-state index contributed by atoms with van der Waals surface area (Å²) in [6, 6.07) is 26.0. The van der Waals surface area contributed by atoms with Crippen molar-refractivity contribution in [2.75, 3.05) is 11.6 Å². The number of anilines is 1. The summed E-state index contributed by atoms with van der Waals surface area (Å²) in [5, 5.41) is 19.6. The van der Waals surface area contributed by atoms with Gasteiger partial charge in [0.05, 0.1) is 5.02 Å². The topological polar surface area (TPSA) is 67.4 Å². The first-order valence-electron chi connectivity index (χ1n) is 11.1. The van der Waals surface area contributed by atoms with E-state index in [1.54, 1.807) is 11.8 Å². The van der Waals surface area contributed by atoms with Crippen LogP contribution in [0.1, 0.15) is 34.0 Å². The lowest BCUT2D eigenvalue weighted by atomic mass is 9.88. The van der Waals surface area contributed by atoms with Crippen LogP contribution in [0.25, 0.3) is 0 Å². The van der Waals surface area contributed by atoms with Crippen molar-refractivity contribution in [3.8, 4) is 0 Å². The fraction of sp³-hybridized carbons (Fsp3) is 0.192. The zero-order chi connectivity index (χ0) is 24.4. The molecule has 0 saturated heterocycles. The van der Waals surface area contributed by atoms with Crippen molar-refractivity contribution in [2.45, 2.75) is 24.1 Å². The Bertz CT molecular complexity index is 1360. The van der Waals surface area contributed by atoms with Gasteiger partial charge in [0.2, 0.25) is 5.13 Å². The number of halogens is 2. The average Bonchev–Trinajstić information content (AvgIpc) is 3.48. The van der Waals surface area contributed by atoms with Crippen LogP contribution in [-0.4, -0.2) is 21.8 Å². The van der Waals surface area contributed by atoms with Gasteiger partial charge in [-0.05, 0) is 43.1 Å². The number of thioether (sulfide) groups is 1. The molecule has 178 valence electrons. The van der Waals surface area contributed by atoms with Gasteiger partial charge in [-0.25, -0.2) is 5.01 Å². The summed E-state index contributed by atoms with van der Waals surface area (Å²) in [6.07, 6.45) is 0.651. The maximum Gasteiger partial charge on any atom is 0.230 e. The molecule has 9 heteroatoms. The van der Waals surface area contributed by atoms with Gasteiger partial charge in [0, 0.05) is 16.5 Å². The molecule has 0 saturated carbocycles. The molecule has 1 aromatic heterocycles. The fourth-order valence-corrected chi connectivity index (χ4v) is 7.12. The molecular formula is C26H23Cl2N5S2. The highest BCUT2D eigenvalue weighted by Crippen LogP contribution is 2.55. The third-order valence-corrected chi connectivity index (χ3v) is 8.87. The zero-order valence-corrected chi connectivity index (χ0v) is 22.1. The number of hydrazone groups is 1. The van der Waals surface area contributed by atoms with Gasteiger partial charge in [0.25, 0.3) is 0 Å². The van der Waals surface area contributed by atoms with Crippen LogP contribution in [0.2, 0.25) is 10.0 Å². The normalized spacial score (nSPS) is 18.5. The third kappa shape index (κ3) is 4.71. The number of aromatic nitrogens is 2. The third-order valence-electron chi connectivity index (χ3n) is 5.98. The van der Waals surface area contributed by atoms with Crippen LogP contribution >= 0.6 is 46.3 Å². The molecule has 0 radical (unpaired) electrons. The summed E-state index contributed by atoms with van der Waals surface area (Å²) in [4.78, 5) is -0.634. The van der Waals surface area contributed by atoms with Gasteiger partial charge in [-0.2, -0.15) is 5.10 Å². The zero-order valence-electron chi connectivity index (χ0n) is 18.9. The van der Waals surface area contributed by atoms with Crippen molar-refractivity contribution in [1.82, 2.24) is 10.2 Å². The molecule has 2 heterocycles. The number of rotatable bonds is 7. The number of nitrogens with zero attached hydrogens (tertiary/aromatic N) is 4. The minimum absolute atomic E-state index is 0.0197. The summed E-state index contributed by atoms with van der Waals surface area (Å²) in [5.41, 5.74) is 9.37. The fourth-order valence-electron chi connectivity index (χ4n) is 4.29. The summed E-state index contributed by atoms with van der Waals surface area (Å²) in [7, 11) is 0. The Morgan fingerprint density at radius 2 is 1.60 bits per heavy atom. The maximum absolute atomic E-state index is 6.63. The maximum atomic E-state index is 6.63. The van der Waals surface area contributed by atoms with E-state index in [0.717, 1.165) is 31.9 Å². The molecule has 0 aliphatic carbocycles. The second-order valence-electron chi connectivity index (χ2n) is 8.21. The molecule has 1 aliphatic heterocycles. The molecular weight excluding hydrogens is 517 g/mol. The predicted octanol–water partition coefficient (Wildman–Crippen LogP) is 7.05. The first-order chi connectivity index (χ1) is 17.0. The van der Waals surface area contributed by atoms with Crippen LogP contribution in [0.5, 0.6) is 0 Å². The quantitative estimate of drug-likeness (QED) is 0.272. The smallest absolute Gasteiger partial charge is 0.230 e. The Morgan fingerprint density at radius 1 is 0.914 bits per heavy atom. The van der Waals surface area contributed by atoms with Gasteiger partial charge in [-0.15, -0.1) is 10.2 Å². The highest BCUT2D eigenvalue weighted by molar-refractivity contribution is 8.15. The van der Waals surface area contributed by atoms with Crippen molar-refractivity contribution in [2.24, 2.45) is 10.8 Å². The first-order valence-corrected chi connectivity index (χ1v) is 13.5. The van der Waals surface area contributed by atoms with Crippen molar-refractivity contribution in [3.05, 3.63) is 111 Å². The standard InChI is InChI=1S/C26H23Cl2N5S2/c1-17-30-31-25(34-17)33-26(19-9-3-2-4-10-19,15-18(16-29)20-11-5-7-13-22(20)27)35-24(32-33)21-12-6-8-14-23(21)28/h2-14,18H,15-16,29H2,1H3. The second kappa shape index (κ2) is 10.3. The molecule has 5 nitrogen and oxygen atoms in total. The summed E-state index contributed by atoms with van der Waals surface area (Å²) >= 11 is 16.4. The molecule has 4 aromatic rings. The molecule has 35 heavy (non-hydrogen) atoms. The van der Waals surface area contributed by atoms with Crippen LogP contribution in [0, 0.1) is 6.92 Å². The Hall–Kier alpha value is -2.42. The van der Waals surface area contributed by atoms with Gasteiger partial charge in [-0.1, -0.05) is 113 Å². The average molecular weight is 541 g/mol. The Kier molecular flexibility index (Phi) is 7.14.